The molecule has 2 N–H and O–H groups in total. The lowest BCUT2D eigenvalue weighted by Gasteiger charge is -2.24. The number of benzene rings is 1. The minimum absolute atomic E-state index is 0.150. The fourth-order valence-corrected chi connectivity index (χ4v) is 3.43. The van der Waals surface area contributed by atoms with E-state index in [2.05, 4.69) is 28.2 Å². The highest BCUT2D eigenvalue weighted by Crippen LogP contribution is 2.30. The monoisotopic (exact) mass is 315 g/mol. The predicted molar refractivity (Wildman–Crippen MR) is 73.9 cm³/mol. The van der Waals surface area contributed by atoms with Crippen molar-refractivity contribution in [2.45, 2.75) is 38.3 Å². The molecule has 3 unspecified atom stereocenters. The van der Waals surface area contributed by atoms with Crippen LogP contribution in [0.15, 0.2) is 22.7 Å². The SMILES string of the molecule is CC(NC1CCCC1CO)c1ccc(F)cc1Br. The molecular formula is C14H19BrFNO. The highest BCUT2D eigenvalue weighted by molar-refractivity contribution is 9.10. The molecule has 1 fully saturated rings. The molecule has 0 bridgehead atoms. The van der Waals surface area contributed by atoms with Crippen LogP contribution >= 0.6 is 15.9 Å². The molecule has 1 aromatic rings. The first-order valence-corrected chi connectivity index (χ1v) is 7.23. The Hall–Kier alpha value is -0.450. The molecule has 100 valence electrons. The molecule has 1 aliphatic carbocycles. The summed E-state index contributed by atoms with van der Waals surface area (Å²) < 4.78 is 13.8. The van der Waals surface area contributed by atoms with Crippen LogP contribution in [0.2, 0.25) is 0 Å². The zero-order valence-corrected chi connectivity index (χ0v) is 12.1. The Bertz CT molecular complexity index is 413. The third-order valence-electron chi connectivity index (χ3n) is 3.79. The summed E-state index contributed by atoms with van der Waals surface area (Å²) in [5.41, 5.74) is 1.06. The van der Waals surface area contributed by atoms with E-state index in [1.54, 1.807) is 6.07 Å². The molecule has 0 aromatic heterocycles. The Morgan fingerprint density at radius 2 is 2.28 bits per heavy atom. The van der Waals surface area contributed by atoms with Gasteiger partial charge in [-0.15, -0.1) is 0 Å². The van der Waals surface area contributed by atoms with Crippen LogP contribution < -0.4 is 5.32 Å². The van der Waals surface area contributed by atoms with Gasteiger partial charge in [-0.3, -0.25) is 0 Å². The molecule has 1 aromatic carbocycles. The van der Waals surface area contributed by atoms with Crippen LogP contribution in [0.25, 0.3) is 0 Å². The van der Waals surface area contributed by atoms with Gasteiger partial charge < -0.3 is 10.4 Å². The molecule has 1 saturated carbocycles. The molecule has 0 radical (unpaired) electrons. The van der Waals surface area contributed by atoms with E-state index in [4.69, 9.17) is 0 Å². The minimum Gasteiger partial charge on any atom is -0.396 e. The minimum atomic E-state index is -0.230. The number of hydrogen-bond acceptors (Lipinski definition) is 2. The maximum atomic E-state index is 13.0. The first-order chi connectivity index (χ1) is 8.61. The molecule has 0 saturated heterocycles. The second-order valence-corrected chi connectivity index (χ2v) is 5.89. The summed E-state index contributed by atoms with van der Waals surface area (Å²) in [7, 11) is 0. The second-order valence-electron chi connectivity index (χ2n) is 5.03. The number of nitrogens with one attached hydrogen (secondary N) is 1. The maximum absolute atomic E-state index is 13.0. The van der Waals surface area contributed by atoms with Gasteiger partial charge in [-0.2, -0.15) is 0 Å². The van der Waals surface area contributed by atoms with E-state index in [0.29, 0.717) is 12.0 Å². The molecular weight excluding hydrogens is 297 g/mol. The van der Waals surface area contributed by atoms with E-state index < -0.39 is 0 Å². The third-order valence-corrected chi connectivity index (χ3v) is 4.47. The first kappa shape index (κ1) is 14.0. The molecule has 2 nitrogen and oxygen atoms in total. The fourth-order valence-electron chi connectivity index (χ4n) is 2.74. The summed E-state index contributed by atoms with van der Waals surface area (Å²) in [4.78, 5) is 0. The van der Waals surface area contributed by atoms with E-state index in [1.165, 1.54) is 18.6 Å². The number of aliphatic hydroxyl groups excluding tert-OH is 1. The largest absolute Gasteiger partial charge is 0.396 e. The van der Waals surface area contributed by atoms with Crippen molar-refractivity contribution >= 4 is 15.9 Å². The van der Waals surface area contributed by atoms with E-state index in [-0.39, 0.29) is 18.5 Å². The molecule has 0 aliphatic heterocycles. The predicted octanol–water partition coefficient (Wildman–Crippen LogP) is 3.40. The summed E-state index contributed by atoms with van der Waals surface area (Å²) in [6, 6.07) is 5.29. The lowest BCUT2D eigenvalue weighted by atomic mass is 10.0. The van der Waals surface area contributed by atoms with Gasteiger partial charge in [0.15, 0.2) is 0 Å². The van der Waals surface area contributed by atoms with Gasteiger partial charge in [-0.05, 0) is 43.4 Å². The maximum Gasteiger partial charge on any atom is 0.124 e. The molecule has 0 spiro atoms. The van der Waals surface area contributed by atoms with Gasteiger partial charge in [0.05, 0.1) is 0 Å². The normalized spacial score (nSPS) is 25.3. The Morgan fingerprint density at radius 3 is 2.94 bits per heavy atom. The fraction of sp³-hybridized carbons (Fsp3) is 0.571. The van der Waals surface area contributed by atoms with Crippen molar-refractivity contribution in [3.8, 4) is 0 Å². The summed E-state index contributed by atoms with van der Waals surface area (Å²) in [6.07, 6.45) is 3.36. The molecule has 0 amide bonds. The summed E-state index contributed by atoms with van der Waals surface area (Å²) in [6.45, 7) is 2.32. The Kier molecular flexibility index (Phi) is 4.76. The number of aliphatic hydroxyl groups is 1. The number of halogens is 2. The highest BCUT2D eigenvalue weighted by Gasteiger charge is 2.28. The first-order valence-electron chi connectivity index (χ1n) is 6.43. The number of rotatable bonds is 4. The van der Waals surface area contributed by atoms with Crippen LogP contribution in [0.1, 0.15) is 37.8 Å². The van der Waals surface area contributed by atoms with Crippen LogP contribution in [0.5, 0.6) is 0 Å². The van der Waals surface area contributed by atoms with Crippen molar-refractivity contribution in [2.75, 3.05) is 6.61 Å². The zero-order valence-electron chi connectivity index (χ0n) is 10.5. The summed E-state index contributed by atoms with van der Waals surface area (Å²) in [5.74, 6) is 0.124. The van der Waals surface area contributed by atoms with Crippen LogP contribution in [-0.4, -0.2) is 17.8 Å². The summed E-state index contributed by atoms with van der Waals surface area (Å²) >= 11 is 3.40. The molecule has 2 rings (SSSR count). The van der Waals surface area contributed by atoms with E-state index in [1.807, 2.05) is 0 Å². The van der Waals surface area contributed by atoms with Gasteiger partial charge in [0.2, 0.25) is 0 Å². The van der Waals surface area contributed by atoms with Gasteiger partial charge in [-0.1, -0.05) is 28.4 Å². The van der Waals surface area contributed by atoms with Crippen LogP contribution in [0.4, 0.5) is 4.39 Å². The van der Waals surface area contributed by atoms with Crippen molar-refractivity contribution in [3.63, 3.8) is 0 Å². The number of hydrogen-bond donors (Lipinski definition) is 2. The molecule has 1 aliphatic rings. The van der Waals surface area contributed by atoms with Crippen LogP contribution in [0.3, 0.4) is 0 Å². The Morgan fingerprint density at radius 1 is 1.50 bits per heavy atom. The quantitative estimate of drug-likeness (QED) is 0.892. The van der Waals surface area contributed by atoms with Crippen molar-refractivity contribution in [3.05, 3.63) is 34.1 Å². The zero-order chi connectivity index (χ0) is 13.1. The Balaban J connectivity index is 2.05. The van der Waals surface area contributed by atoms with Crippen molar-refractivity contribution < 1.29 is 9.50 Å². The van der Waals surface area contributed by atoms with Gasteiger partial charge in [0.25, 0.3) is 0 Å². The van der Waals surface area contributed by atoms with E-state index in [9.17, 15) is 9.50 Å². The highest BCUT2D eigenvalue weighted by atomic mass is 79.9. The Labute approximate surface area is 116 Å². The summed E-state index contributed by atoms with van der Waals surface area (Å²) in [5, 5.41) is 12.9. The van der Waals surface area contributed by atoms with Crippen molar-refractivity contribution in [2.24, 2.45) is 5.92 Å². The van der Waals surface area contributed by atoms with Crippen molar-refractivity contribution in [1.82, 2.24) is 5.32 Å². The average Bonchev–Trinajstić information content (AvgIpc) is 2.76. The lowest BCUT2D eigenvalue weighted by molar-refractivity contribution is 0.200. The van der Waals surface area contributed by atoms with Crippen LogP contribution in [-0.2, 0) is 0 Å². The molecule has 0 heterocycles. The lowest BCUT2D eigenvalue weighted by Crippen LogP contribution is -2.36. The average molecular weight is 316 g/mol. The van der Waals surface area contributed by atoms with Gasteiger partial charge in [-0.25, -0.2) is 4.39 Å². The smallest absolute Gasteiger partial charge is 0.124 e. The van der Waals surface area contributed by atoms with Gasteiger partial charge in [0, 0.05) is 23.2 Å². The van der Waals surface area contributed by atoms with E-state index in [0.717, 1.165) is 22.9 Å². The molecule has 4 heteroatoms. The topological polar surface area (TPSA) is 32.3 Å². The molecule has 3 atom stereocenters. The molecule has 18 heavy (non-hydrogen) atoms. The standard InChI is InChI=1S/C14H19BrFNO/c1-9(12-6-5-11(16)7-13(12)15)17-14-4-2-3-10(14)8-18/h5-7,9-10,14,17-18H,2-4,8H2,1H3. The van der Waals surface area contributed by atoms with Crippen molar-refractivity contribution in [1.29, 1.82) is 0 Å². The van der Waals surface area contributed by atoms with Gasteiger partial charge >= 0.3 is 0 Å². The van der Waals surface area contributed by atoms with Gasteiger partial charge in [0.1, 0.15) is 5.82 Å². The second kappa shape index (κ2) is 6.13. The van der Waals surface area contributed by atoms with Crippen LogP contribution in [0, 0.1) is 11.7 Å². The van der Waals surface area contributed by atoms with E-state index >= 15 is 0 Å². The third kappa shape index (κ3) is 3.11.